The zero-order valence-electron chi connectivity index (χ0n) is 19.4. The molecule has 0 aliphatic carbocycles. The van der Waals surface area contributed by atoms with Crippen molar-refractivity contribution in [1.29, 1.82) is 0 Å². The predicted molar refractivity (Wildman–Crippen MR) is 130 cm³/mol. The summed E-state index contributed by atoms with van der Waals surface area (Å²) < 4.78 is 14.9. The molecule has 37 heavy (non-hydrogen) atoms. The maximum Gasteiger partial charge on any atom is 0.326 e. The van der Waals surface area contributed by atoms with Crippen LogP contribution in [0.1, 0.15) is 34.6 Å². The number of benzene rings is 2. The number of fused-ring (bicyclic) bond motifs is 1. The number of aliphatic hydroxyl groups is 1. The SMILES string of the molecule is C#CCN(Cc1ccc2nc(CO)[nH]c(=O)c2c1)c1ccc(C(=O)N[C@@H](CCC(=O)O)C(=O)O)c(F)c1. The van der Waals surface area contributed by atoms with Crippen molar-refractivity contribution in [3.8, 4) is 12.3 Å². The van der Waals surface area contributed by atoms with Gasteiger partial charge in [0.15, 0.2) is 0 Å². The summed E-state index contributed by atoms with van der Waals surface area (Å²) in [5, 5.41) is 29.6. The molecule has 3 aromatic rings. The van der Waals surface area contributed by atoms with Crippen molar-refractivity contribution in [2.45, 2.75) is 32.0 Å². The molecule has 0 aliphatic rings. The third-order valence-electron chi connectivity index (χ3n) is 5.44. The van der Waals surface area contributed by atoms with E-state index in [0.29, 0.717) is 22.2 Å². The zero-order valence-corrected chi connectivity index (χ0v) is 19.4. The fourth-order valence-electron chi connectivity index (χ4n) is 3.62. The Morgan fingerprint density at radius 3 is 2.57 bits per heavy atom. The van der Waals surface area contributed by atoms with Crippen molar-refractivity contribution in [1.82, 2.24) is 15.3 Å². The standard InChI is InChI=1S/C25H23FN4O7/c1-2-9-30(12-14-3-6-19-17(10-14)24(35)29-21(13-31)27-19)15-4-5-16(18(26)11-15)23(34)28-20(25(36)37)7-8-22(32)33/h1,3-6,10-11,20,31H,7-9,12-13H2,(H,28,34)(H,32,33)(H,36,37)(H,27,29,35)/t20-/m0/s1. The number of carboxylic acids is 2. The molecule has 0 unspecified atom stereocenters. The number of hydrogen-bond acceptors (Lipinski definition) is 7. The number of aromatic nitrogens is 2. The highest BCUT2D eigenvalue weighted by molar-refractivity contribution is 5.97. The van der Waals surface area contributed by atoms with E-state index in [4.69, 9.17) is 11.5 Å². The lowest BCUT2D eigenvalue weighted by Gasteiger charge is -2.23. The molecule has 5 N–H and O–H groups in total. The summed E-state index contributed by atoms with van der Waals surface area (Å²) in [6.45, 7) is -0.165. The van der Waals surface area contributed by atoms with Gasteiger partial charge in [-0.3, -0.25) is 14.4 Å². The first kappa shape index (κ1) is 26.8. The van der Waals surface area contributed by atoms with Gasteiger partial charge >= 0.3 is 11.9 Å². The molecule has 0 bridgehead atoms. The van der Waals surface area contributed by atoms with Crippen molar-refractivity contribution >= 4 is 34.4 Å². The highest BCUT2D eigenvalue weighted by atomic mass is 19.1. The van der Waals surface area contributed by atoms with Crippen LogP contribution in [-0.2, 0) is 22.7 Å². The summed E-state index contributed by atoms with van der Waals surface area (Å²) >= 11 is 0. The van der Waals surface area contributed by atoms with Crippen molar-refractivity contribution in [2.75, 3.05) is 11.4 Å². The maximum atomic E-state index is 14.9. The molecule has 3 rings (SSSR count). The number of H-pyrrole nitrogens is 1. The lowest BCUT2D eigenvalue weighted by atomic mass is 10.1. The summed E-state index contributed by atoms with van der Waals surface area (Å²) in [7, 11) is 0. The monoisotopic (exact) mass is 510 g/mol. The van der Waals surface area contributed by atoms with E-state index in [0.717, 1.165) is 6.07 Å². The number of carbonyl (C=O) groups excluding carboxylic acids is 1. The van der Waals surface area contributed by atoms with E-state index < -0.39 is 53.9 Å². The van der Waals surface area contributed by atoms with Crippen LogP contribution in [0.5, 0.6) is 0 Å². The number of carbonyl (C=O) groups is 3. The number of rotatable bonds is 11. The van der Waals surface area contributed by atoms with Crippen molar-refractivity contribution in [3.63, 3.8) is 0 Å². The van der Waals surface area contributed by atoms with Gasteiger partial charge in [0.2, 0.25) is 0 Å². The number of amides is 1. The molecule has 1 heterocycles. The van der Waals surface area contributed by atoms with Crippen LogP contribution in [0.25, 0.3) is 10.9 Å². The predicted octanol–water partition coefficient (Wildman–Crippen LogP) is 1.24. The molecule has 1 aromatic heterocycles. The second kappa shape index (κ2) is 11.8. The normalized spacial score (nSPS) is 11.5. The fourth-order valence-corrected chi connectivity index (χ4v) is 3.62. The van der Waals surface area contributed by atoms with Gasteiger partial charge in [0.05, 0.1) is 23.0 Å². The summed E-state index contributed by atoms with van der Waals surface area (Å²) in [5.74, 6) is -2.01. The van der Waals surface area contributed by atoms with Gasteiger partial charge in [-0.05, 0) is 42.3 Å². The van der Waals surface area contributed by atoms with Crippen molar-refractivity contribution < 1.29 is 34.1 Å². The second-order valence-corrected chi connectivity index (χ2v) is 8.04. The summed E-state index contributed by atoms with van der Waals surface area (Å²) in [5.41, 5.74) is 0.537. The minimum Gasteiger partial charge on any atom is -0.481 e. The van der Waals surface area contributed by atoms with Crippen LogP contribution >= 0.6 is 0 Å². The van der Waals surface area contributed by atoms with Gasteiger partial charge in [-0.2, -0.15) is 0 Å². The Balaban J connectivity index is 1.82. The highest BCUT2D eigenvalue weighted by Gasteiger charge is 2.23. The molecule has 0 saturated carbocycles. The van der Waals surface area contributed by atoms with Crippen LogP contribution in [0.4, 0.5) is 10.1 Å². The lowest BCUT2D eigenvalue weighted by molar-refractivity contribution is -0.140. The first-order chi connectivity index (χ1) is 17.6. The molecular weight excluding hydrogens is 487 g/mol. The first-order valence-corrected chi connectivity index (χ1v) is 11.0. The fraction of sp³-hybridized carbons (Fsp3) is 0.240. The van der Waals surface area contributed by atoms with E-state index in [-0.39, 0.29) is 25.3 Å². The zero-order chi connectivity index (χ0) is 27.1. The molecule has 192 valence electrons. The van der Waals surface area contributed by atoms with E-state index in [1.54, 1.807) is 23.1 Å². The van der Waals surface area contributed by atoms with Crippen LogP contribution < -0.4 is 15.8 Å². The Kier molecular flexibility index (Phi) is 8.55. The molecule has 1 amide bonds. The van der Waals surface area contributed by atoms with Gasteiger partial charge in [0.1, 0.15) is 24.3 Å². The Hall–Kier alpha value is -4.76. The summed E-state index contributed by atoms with van der Waals surface area (Å²) in [6, 6.07) is 7.11. The molecule has 1 atom stereocenters. The van der Waals surface area contributed by atoms with Gasteiger partial charge in [-0.25, -0.2) is 14.2 Å². The number of carboxylic acid groups (broad SMARTS) is 2. The Morgan fingerprint density at radius 2 is 1.95 bits per heavy atom. The molecule has 0 saturated heterocycles. The van der Waals surface area contributed by atoms with Gasteiger partial charge in [0.25, 0.3) is 11.5 Å². The van der Waals surface area contributed by atoms with Gasteiger partial charge in [-0.1, -0.05) is 12.0 Å². The number of anilines is 1. The van der Waals surface area contributed by atoms with Crippen molar-refractivity contribution in [2.24, 2.45) is 0 Å². The molecule has 0 fully saturated rings. The molecule has 11 nitrogen and oxygen atoms in total. The second-order valence-electron chi connectivity index (χ2n) is 8.04. The quantitative estimate of drug-likeness (QED) is 0.238. The number of nitrogens with zero attached hydrogens (tertiary/aromatic N) is 2. The van der Waals surface area contributed by atoms with Crippen LogP contribution in [0.15, 0.2) is 41.2 Å². The van der Waals surface area contributed by atoms with Crippen LogP contribution in [0, 0.1) is 18.2 Å². The summed E-state index contributed by atoms with van der Waals surface area (Å²) in [6.07, 6.45) is 4.63. The first-order valence-electron chi connectivity index (χ1n) is 11.0. The topological polar surface area (TPSA) is 173 Å². The van der Waals surface area contributed by atoms with Crippen LogP contribution in [0.2, 0.25) is 0 Å². The number of aromatic amines is 1. The largest absolute Gasteiger partial charge is 0.481 e. The average Bonchev–Trinajstić information content (AvgIpc) is 2.85. The smallest absolute Gasteiger partial charge is 0.326 e. The van der Waals surface area contributed by atoms with E-state index in [1.807, 2.05) is 0 Å². The van der Waals surface area contributed by atoms with E-state index >= 15 is 0 Å². The lowest BCUT2D eigenvalue weighted by Crippen LogP contribution is -2.41. The highest BCUT2D eigenvalue weighted by Crippen LogP contribution is 2.22. The van der Waals surface area contributed by atoms with Crippen LogP contribution in [0.3, 0.4) is 0 Å². The molecule has 0 radical (unpaired) electrons. The Morgan fingerprint density at radius 1 is 1.19 bits per heavy atom. The minimum absolute atomic E-state index is 0.0668. The number of hydrogen-bond donors (Lipinski definition) is 5. The number of aliphatic hydroxyl groups excluding tert-OH is 1. The number of nitrogens with one attached hydrogen (secondary N) is 2. The number of terminal acetylenes is 1. The Labute approximate surface area is 209 Å². The van der Waals surface area contributed by atoms with Gasteiger partial charge in [-0.15, -0.1) is 6.42 Å². The number of halogens is 1. The molecule has 0 aliphatic heterocycles. The van der Waals surface area contributed by atoms with Gasteiger partial charge in [0, 0.05) is 18.7 Å². The third kappa shape index (κ3) is 6.68. The molecule has 2 aromatic carbocycles. The molecule has 12 heteroatoms. The van der Waals surface area contributed by atoms with E-state index in [2.05, 4.69) is 21.2 Å². The van der Waals surface area contributed by atoms with Crippen LogP contribution in [-0.4, -0.2) is 55.7 Å². The molecular formula is C25H23FN4O7. The Bertz CT molecular complexity index is 1450. The number of aliphatic carboxylic acids is 2. The average molecular weight is 510 g/mol. The minimum atomic E-state index is -1.50. The van der Waals surface area contributed by atoms with E-state index in [9.17, 15) is 33.8 Å². The van der Waals surface area contributed by atoms with Gasteiger partial charge < -0.3 is 30.5 Å². The van der Waals surface area contributed by atoms with E-state index in [1.165, 1.54) is 12.1 Å². The van der Waals surface area contributed by atoms with Crippen molar-refractivity contribution in [3.05, 3.63) is 69.5 Å². The summed E-state index contributed by atoms with van der Waals surface area (Å²) in [4.78, 5) is 55.1. The third-order valence-corrected chi connectivity index (χ3v) is 5.44. The molecule has 0 spiro atoms. The maximum absolute atomic E-state index is 14.9.